The number of para-hydroxylation sites is 1. The summed E-state index contributed by atoms with van der Waals surface area (Å²) in [6.07, 6.45) is 2.15. The number of carbonyl (C=O) groups excluding carboxylic acids is 1. The maximum absolute atomic E-state index is 12.6. The Kier molecular flexibility index (Phi) is 3.68. The maximum atomic E-state index is 12.6. The number of halogens is 1. The lowest BCUT2D eigenvalue weighted by molar-refractivity contribution is -0.128. The van der Waals surface area contributed by atoms with Crippen LogP contribution in [0.15, 0.2) is 28.7 Å². The number of carbonyl (C=O) groups is 1. The molecule has 2 fully saturated rings. The zero-order chi connectivity index (χ0) is 16.2. The molecule has 0 radical (unpaired) electrons. The van der Waals surface area contributed by atoms with Crippen LogP contribution < -0.4 is 4.72 Å². The number of fused-ring (bicyclic) bond motifs is 2. The molecule has 1 N–H and O–H groups in total. The summed E-state index contributed by atoms with van der Waals surface area (Å²) in [5, 5.41) is 0. The van der Waals surface area contributed by atoms with E-state index in [0.29, 0.717) is 28.9 Å². The van der Waals surface area contributed by atoms with E-state index in [-0.39, 0.29) is 17.0 Å². The van der Waals surface area contributed by atoms with Crippen LogP contribution in [0, 0.1) is 16.7 Å². The standard InChI is InChI=1S/C16H20BrNO3S/c1-15(2)11-7-8-16(15,14(19)9-11)10-22(20,21)18-13-6-4-3-5-12(13)17/h3-6,11,18H,7-10H2,1-2H3/t11-,16+/m0/s1. The van der Waals surface area contributed by atoms with E-state index in [0.717, 1.165) is 6.42 Å². The monoisotopic (exact) mass is 385 g/mol. The molecule has 22 heavy (non-hydrogen) atoms. The van der Waals surface area contributed by atoms with E-state index in [1.165, 1.54) is 0 Å². The SMILES string of the molecule is CC1(C)[C@H]2CC[C@@]1(CS(=O)(=O)Nc1ccccc1Br)C(=O)C2. The molecule has 0 aromatic heterocycles. The Morgan fingerprint density at radius 3 is 2.55 bits per heavy atom. The highest BCUT2D eigenvalue weighted by molar-refractivity contribution is 9.10. The predicted octanol–water partition coefficient (Wildman–Crippen LogP) is 3.59. The Bertz CT molecular complexity index is 729. The van der Waals surface area contributed by atoms with Gasteiger partial charge in [0, 0.05) is 10.9 Å². The Hall–Kier alpha value is -0.880. The van der Waals surface area contributed by atoms with Gasteiger partial charge in [0.25, 0.3) is 0 Å². The minimum absolute atomic E-state index is 0.117. The van der Waals surface area contributed by atoms with Gasteiger partial charge in [-0.15, -0.1) is 0 Å². The Morgan fingerprint density at radius 1 is 1.32 bits per heavy atom. The molecule has 6 heteroatoms. The summed E-state index contributed by atoms with van der Waals surface area (Å²) in [6, 6.07) is 7.09. The van der Waals surface area contributed by atoms with Crippen molar-refractivity contribution in [2.24, 2.45) is 16.7 Å². The summed E-state index contributed by atoms with van der Waals surface area (Å²) < 4.78 is 28.6. The lowest BCUT2D eigenvalue weighted by Gasteiger charge is -2.36. The van der Waals surface area contributed by atoms with Gasteiger partial charge in [-0.1, -0.05) is 26.0 Å². The van der Waals surface area contributed by atoms with E-state index in [9.17, 15) is 13.2 Å². The van der Waals surface area contributed by atoms with Crippen LogP contribution in [0.3, 0.4) is 0 Å². The smallest absolute Gasteiger partial charge is 0.233 e. The third-order valence-corrected chi connectivity index (χ3v) is 7.81. The average molecular weight is 386 g/mol. The van der Waals surface area contributed by atoms with Crippen LogP contribution in [-0.4, -0.2) is 20.0 Å². The first-order valence-electron chi connectivity index (χ1n) is 7.46. The molecule has 0 saturated heterocycles. The highest BCUT2D eigenvalue weighted by atomic mass is 79.9. The summed E-state index contributed by atoms with van der Waals surface area (Å²) in [7, 11) is -3.59. The molecule has 2 bridgehead atoms. The van der Waals surface area contributed by atoms with Crippen molar-refractivity contribution in [1.29, 1.82) is 0 Å². The van der Waals surface area contributed by atoms with E-state index in [2.05, 4.69) is 20.7 Å². The van der Waals surface area contributed by atoms with Gasteiger partial charge in [-0.25, -0.2) is 8.42 Å². The summed E-state index contributed by atoms with van der Waals surface area (Å²) in [4.78, 5) is 12.5. The molecular weight excluding hydrogens is 366 g/mol. The van der Waals surface area contributed by atoms with E-state index in [4.69, 9.17) is 0 Å². The highest BCUT2D eigenvalue weighted by Gasteiger charge is 2.65. The molecule has 1 aromatic carbocycles. The van der Waals surface area contributed by atoms with Crippen molar-refractivity contribution in [2.45, 2.75) is 33.1 Å². The van der Waals surface area contributed by atoms with Crippen molar-refractivity contribution in [1.82, 2.24) is 0 Å². The minimum Gasteiger partial charge on any atom is -0.299 e. The summed E-state index contributed by atoms with van der Waals surface area (Å²) >= 11 is 3.34. The number of hydrogen-bond acceptors (Lipinski definition) is 3. The van der Waals surface area contributed by atoms with Crippen LogP contribution in [0.5, 0.6) is 0 Å². The number of nitrogens with one attached hydrogen (secondary N) is 1. The Balaban J connectivity index is 1.89. The zero-order valence-corrected chi connectivity index (χ0v) is 15.1. The normalized spacial score (nSPS) is 29.8. The van der Waals surface area contributed by atoms with Crippen LogP contribution >= 0.6 is 15.9 Å². The van der Waals surface area contributed by atoms with Crippen molar-refractivity contribution < 1.29 is 13.2 Å². The highest BCUT2D eigenvalue weighted by Crippen LogP contribution is 2.64. The first kappa shape index (κ1) is 16.0. The second-order valence-electron chi connectivity index (χ2n) is 7.01. The molecule has 1 aromatic rings. The van der Waals surface area contributed by atoms with Crippen LogP contribution in [0.1, 0.15) is 33.1 Å². The molecule has 0 unspecified atom stereocenters. The Morgan fingerprint density at radius 2 is 2.00 bits per heavy atom. The second-order valence-corrected chi connectivity index (χ2v) is 9.58. The fourth-order valence-corrected chi connectivity index (χ4v) is 6.61. The molecule has 0 heterocycles. The summed E-state index contributed by atoms with van der Waals surface area (Å²) in [5.74, 6) is 0.314. The molecule has 0 spiro atoms. The van der Waals surface area contributed by atoms with Gasteiger partial charge in [0.2, 0.25) is 10.0 Å². The summed E-state index contributed by atoms with van der Waals surface area (Å²) in [6.45, 7) is 4.09. The van der Waals surface area contributed by atoms with Crippen molar-refractivity contribution in [3.05, 3.63) is 28.7 Å². The fourth-order valence-electron chi connectivity index (χ4n) is 4.18. The van der Waals surface area contributed by atoms with Crippen molar-refractivity contribution in [2.75, 3.05) is 10.5 Å². The maximum Gasteiger partial charge on any atom is 0.233 e. The molecule has 0 aliphatic heterocycles. The number of anilines is 1. The molecule has 2 aliphatic rings. The molecule has 2 atom stereocenters. The zero-order valence-electron chi connectivity index (χ0n) is 12.7. The van der Waals surface area contributed by atoms with Gasteiger partial charge in [0.15, 0.2) is 0 Å². The molecule has 3 rings (SSSR count). The first-order valence-corrected chi connectivity index (χ1v) is 9.91. The van der Waals surface area contributed by atoms with E-state index >= 15 is 0 Å². The molecule has 2 saturated carbocycles. The third kappa shape index (κ3) is 2.31. The number of Topliss-reactive ketones (excluding diaryl/α,β-unsaturated/α-hetero) is 1. The number of sulfonamides is 1. The predicted molar refractivity (Wildman–Crippen MR) is 90.1 cm³/mol. The number of ketones is 1. The quantitative estimate of drug-likeness (QED) is 0.860. The van der Waals surface area contributed by atoms with E-state index in [1.54, 1.807) is 18.2 Å². The molecular formula is C16H20BrNO3S. The van der Waals surface area contributed by atoms with Crippen LogP contribution in [0.4, 0.5) is 5.69 Å². The van der Waals surface area contributed by atoms with Gasteiger partial charge in [-0.05, 0) is 52.2 Å². The van der Waals surface area contributed by atoms with E-state index < -0.39 is 15.4 Å². The van der Waals surface area contributed by atoms with Gasteiger partial charge < -0.3 is 0 Å². The van der Waals surface area contributed by atoms with Crippen LogP contribution in [0.25, 0.3) is 0 Å². The second kappa shape index (κ2) is 5.06. The first-order chi connectivity index (χ1) is 10.2. The fraction of sp³-hybridized carbons (Fsp3) is 0.562. The number of benzene rings is 1. The van der Waals surface area contributed by atoms with Gasteiger partial charge in [0.05, 0.1) is 16.9 Å². The van der Waals surface area contributed by atoms with Gasteiger partial charge in [-0.2, -0.15) is 0 Å². The number of hydrogen-bond donors (Lipinski definition) is 1. The molecule has 120 valence electrons. The minimum atomic E-state index is -3.59. The lowest BCUT2D eigenvalue weighted by atomic mass is 9.70. The van der Waals surface area contributed by atoms with Crippen molar-refractivity contribution in [3.8, 4) is 0 Å². The van der Waals surface area contributed by atoms with Crippen LogP contribution in [-0.2, 0) is 14.8 Å². The topological polar surface area (TPSA) is 63.2 Å². The largest absolute Gasteiger partial charge is 0.299 e. The van der Waals surface area contributed by atoms with Crippen molar-refractivity contribution in [3.63, 3.8) is 0 Å². The van der Waals surface area contributed by atoms with Gasteiger partial charge in [0.1, 0.15) is 5.78 Å². The van der Waals surface area contributed by atoms with Gasteiger partial charge in [-0.3, -0.25) is 9.52 Å². The molecule has 4 nitrogen and oxygen atoms in total. The van der Waals surface area contributed by atoms with Crippen molar-refractivity contribution >= 4 is 37.4 Å². The Labute approximate surface area is 139 Å². The lowest BCUT2D eigenvalue weighted by Crippen LogP contribution is -2.43. The van der Waals surface area contributed by atoms with E-state index in [1.807, 2.05) is 19.9 Å². The summed E-state index contributed by atoms with van der Waals surface area (Å²) in [5.41, 5.74) is -0.464. The molecule has 0 amide bonds. The third-order valence-electron chi connectivity index (χ3n) is 5.71. The molecule has 2 aliphatic carbocycles. The van der Waals surface area contributed by atoms with Crippen LogP contribution in [0.2, 0.25) is 0 Å². The number of rotatable bonds is 4. The van der Waals surface area contributed by atoms with Gasteiger partial charge >= 0.3 is 0 Å². The average Bonchev–Trinajstić information content (AvgIpc) is 2.74.